The molecule has 1 unspecified atom stereocenters. The molecular weight excluding hydrogens is 158 g/mol. The van der Waals surface area contributed by atoms with Gasteiger partial charge in [-0.15, -0.1) is 6.58 Å². The maximum atomic E-state index is 8.38. The van der Waals surface area contributed by atoms with Crippen LogP contribution in [-0.4, -0.2) is 0 Å². The van der Waals surface area contributed by atoms with E-state index in [-0.39, 0.29) is 0 Å². The smallest absolute Gasteiger partial charge is 0.0625 e. The zero-order chi connectivity index (χ0) is 10.1. The van der Waals surface area contributed by atoms with Crippen molar-refractivity contribution < 1.29 is 0 Å². The van der Waals surface area contributed by atoms with E-state index in [4.69, 9.17) is 5.26 Å². The van der Waals surface area contributed by atoms with Gasteiger partial charge in [-0.2, -0.15) is 5.26 Å². The molecule has 72 valence electrons. The summed E-state index contributed by atoms with van der Waals surface area (Å²) in [5.74, 6) is 0.597. The highest BCUT2D eigenvalue weighted by molar-refractivity contribution is 5.00. The summed E-state index contributed by atoms with van der Waals surface area (Å²) in [4.78, 5) is 0. The quantitative estimate of drug-likeness (QED) is 0.565. The summed E-state index contributed by atoms with van der Waals surface area (Å²) >= 11 is 0. The van der Waals surface area contributed by atoms with Crippen molar-refractivity contribution in [1.82, 2.24) is 0 Å². The van der Waals surface area contributed by atoms with Crippen molar-refractivity contribution in [3.8, 4) is 6.07 Å². The van der Waals surface area contributed by atoms with Crippen LogP contribution in [0, 0.1) is 17.2 Å². The van der Waals surface area contributed by atoms with E-state index in [1.54, 1.807) is 0 Å². The van der Waals surface area contributed by atoms with Gasteiger partial charge in [0, 0.05) is 6.42 Å². The predicted molar refractivity (Wildman–Crippen MR) is 57.2 cm³/mol. The Morgan fingerprint density at radius 2 is 2.31 bits per heavy atom. The molecule has 0 aliphatic carbocycles. The molecule has 0 rings (SSSR count). The van der Waals surface area contributed by atoms with Crippen molar-refractivity contribution >= 4 is 0 Å². The van der Waals surface area contributed by atoms with E-state index in [1.807, 2.05) is 6.08 Å². The normalized spacial score (nSPS) is 13.5. The van der Waals surface area contributed by atoms with Crippen LogP contribution in [0.2, 0.25) is 0 Å². The molecule has 0 bridgehead atoms. The Hall–Kier alpha value is -1.03. The molecule has 0 aliphatic heterocycles. The van der Waals surface area contributed by atoms with Crippen molar-refractivity contribution in [3.05, 3.63) is 24.3 Å². The fourth-order valence-electron chi connectivity index (χ4n) is 1.07. The van der Waals surface area contributed by atoms with Crippen molar-refractivity contribution in [2.45, 2.75) is 39.5 Å². The Bertz CT molecular complexity index is 208. The molecule has 0 aliphatic rings. The second kappa shape index (κ2) is 7.61. The fourth-order valence-corrected chi connectivity index (χ4v) is 1.07. The molecule has 0 aromatic carbocycles. The summed E-state index contributed by atoms with van der Waals surface area (Å²) in [5.41, 5.74) is 1.33. The summed E-state index contributed by atoms with van der Waals surface area (Å²) in [5, 5.41) is 8.38. The Morgan fingerprint density at radius 3 is 2.85 bits per heavy atom. The molecule has 0 aromatic heterocycles. The zero-order valence-electron chi connectivity index (χ0n) is 8.71. The second-order valence-corrected chi connectivity index (χ2v) is 3.50. The zero-order valence-corrected chi connectivity index (χ0v) is 8.71. The highest BCUT2D eigenvalue weighted by Crippen LogP contribution is 2.10. The lowest BCUT2D eigenvalue weighted by atomic mass is 10.0. The van der Waals surface area contributed by atoms with E-state index < -0.39 is 0 Å². The van der Waals surface area contributed by atoms with Crippen molar-refractivity contribution in [2.75, 3.05) is 0 Å². The highest BCUT2D eigenvalue weighted by Gasteiger charge is 1.94. The SMILES string of the molecule is C=CC(C)CCC=C(C)CCC#N. The minimum Gasteiger partial charge on any atom is -0.198 e. The first kappa shape index (κ1) is 12.0. The number of nitriles is 1. The molecule has 1 atom stereocenters. The van der Waals surface area contributed by atoms with Crippen LogP contribution in [0.1, 0.15) is 39.5 Å². The number of hydrogen-bond acceptors (Lipinski definition) is 1. The minimum atomic E-state index is 0.597. The van der Waals surface area contributed by atoms with Crippen LogP contribution in [-0.2, 0) is 0 Å². The lowest BCUT2D eigenvalue weighted by molar-refractivity contribution is 0.656. The first-order valence-corrected chi connectivity index (χ1v) is 4.85. The molecule has 0 heterocycles. The Kier molecular flexibility index (Phi) is 7.01. The summed E-state index contributed by atoms with van der Waals surface area (Å²) in [6, 6.07) is 2.15. The molecule has 13 heavy (non-hydrogen) atoms. The predicted octanol–water partition coefficient (Wildman–Crippen LogP) is 3.84. The fraction of sp³-hybridized carbons (Fsp3) is 0.583. The van der Waals surface area contributed by atoms with Crippen LogP contribution in [0.3, 0.4) is 0 Å². The van der Waals surface area contributed by atoms with Gasteiger partial charge in [-0.3, -0.25) is 0 Å². The van der Waals surface area contributed by atoms with Gasteiger partial charge in [0.15, 0.2) is 0 Å². The maximum absolute atomic E-state index is 8.38. The number of rotatable bonds is 6. The van der Waals surface area contributed by atoms with Crippen molar-refractivity contribution in [3.63, 3.8) is 0 Å². The van der Waals surface area contributed by atoms with Gasteiger partial charge >= 0.3 is 0 Å². The Labute approximate surface area is 81.8 Å². The lowest BCUT2D eigenvalue weighted by Gasteiger charge is -2.02. The molecule has 0 saturated heterocycles. The average Bonchev–Trinajstić information content (AvgIpc) is 2.14. The molecule has 1 heteroatoms. The third-order valence-corrected chi connectivity index (χ3v) is 2.15. The topological polar surface area (TPSA) is 23.8 Å². The second-order valence-electron chi connectivity index (χ2n) is 3.50. The van der Waals surface area contributed by atoms with Crippen LogP contribution in [0.25, 0.3) is 0 Å². The molecule has 0 saturated carbocycles. The van der Waals surface area contributed by atoms with E-state index >= 15 is 0 Å². The van der Waals surface area contributed by atoms with E-state index in [0.717, 1.165) is 19.3 Å². The van der Waals surface area contributed by atoms with Gasteiger partial charge in [-0.25, -0.2) is 0 Å². The molecule has 0 spiro atoms. The van der Waals surface area contributed by atoms with Gasteiger partial charge in [-0.05, 0) is 32.1 Å². The molecule has 0 amide bonds. The van der Waals surface area contributed by atoms with Gasteiger partial charge in [-0.1, -0.05) is 24.6 Å². The van der Waals surface area contributed by atoms with Crippen LogP contribution in [0.15, 0.2) is 24.3 Å². The van der Waals surface area contributed by atoms with Gasteiger partial charge < -0.3 is 0 Å². The minimum absolute atomic E-state index is 0.597. The third kappa shape index (κ3) is 7.33. The van der Waals surface area contributed by atoms with Crippen LogP contribution in [0.4, 0.5) is 0 Å². The van der Waals surface area contributed by atoms with Gasteiger partial charge in [0.2, 0.25) is 0 Å². The highest BCUT2D eigenvalue weighted by atomic mass is 14.2. The maximum Gasteiger partial charge on any atom is 0.0625 e. The molecule has 0 radical (unpaired) electrons. The number of hydrogen-bond donors (Lipinski definition) is 0. The van der Waals surface area contributed by atoms with E-state index in [2.05, 4.69) is 32.6 Å². The van der Waals surface area contributed by atoms with Gasteiger partial charge in [0.1, 0.15) is 0 Å². The molecule has 1 nitrogen and oxygen atoms in total. The third-order valence-electron chi connectivity index (χ3n) is 2.15. The molecule has 0 N–H and O–H groups in total. The largest absolute Gasteiger partial charge is 0.198 e. The van der Waals surface area contributed by atoms with Crippen LogP contribution in [0.5, 0.6) is 0 Å². The van der Waals surface area contributed by atoms with Gasteiger partial charge in [0.05, 0.1) is 6.07 Å². The standard InChI is InChI=1S/C12H19N/c1-4-11(2)7-5-8-12(3)9-6-10-13/h4,8,11H,1,5-7,9H2,2-3H3. The molecule has 0 fully saturated rings. The summed E-state index contributed by atoms with van der Waals surface area (Å²) in [6.45, 7) is 8.01. The number of allylic oxidation sites excluding steroid dienone is 3. The van der Waals surface area contributed by atoms with Crippen molar-refractivity contribution in [1.29, 1.82) is 5.26 Å². The monoisotopic (exact) mass is 177 g/mol. The van der Waals surface area contributed by atoms with Crippen LogP contribution >= 0.6 is 0 Å². The van der Waals surface area contributed by atoms with Crippen molar-refractivity contribution in [2.24, 2.45) is 5.92 Å². The average molecular weight is 177 g/mol. The van der Waals surface area contributed by atoms with E-state index in [9.17, 15) is 0 Å². The Morgan fingerprint density at radius 1 is 1.62 bits per heavy atom. The van der Waals surface area contributed by atoms with E-state index in [0.29, 0.717) is 12.3 Å². The van der Waals surface area contributed by atoms with Gasteiger partial charge in [0.25, 0.3) is 0 Å². The first-order chi connectivity index (χ1) is 6.20. The van der Waals surface area contributed by atoms with Crippen LogP contribution < -0.4 is 0 Å². The summed E-state index contributed by atoms with van der Waals surface area (Å²) < 4.78 is 0. The number of nitrogens with zero attached hydrogens (tertiary/aromatic N) is 1. The van der Waals surface area contributed by atoms with E-state index in [1.165, 1.54) is 5.57 Å². The summed E-state index contributed by atoms with van der Waals surface area (Å²) in [6.07, 6.45) is 8.03. The Balaban J connectivity index is 3.59. The summed E-state index contributed by atoms with van der Waals surface area (Å²) in [7, 11) is 0. The molecule has 0 aromatic rings. The lowest BCUT2D eigenvalue weighted by Crippen LogP contribution is -1.87. The molecular formula is C12H19N. The first-order valence-electron chi connectivity index (χ1n) is 4.85.